The van der Waals surface area contributed by atoms with Gasteiger partial charge in [0.2, 0.25) is 11.8 Å². The van der Waals surface area contributed by atoms with E-state index in [2.05, 4.69) is 26.1 Å². The Kier molecular flexibility index (Phi) is 5.48. The molecule has 1 saturated heterocycles. The summed E-state index contributed by atoms with van der Waals surface area (Å²) >= 11 is 0. The van der Waals surface area contributed by atoms with E-state index >= 15 is 0 Å². The Bertz CT molecular complexity index is 695. The molecule has 0 spiro atoms. The van der Waals surface area contributed by atoms with Crippen LogP contribution in [-0.2, 0) is 29.2 Å². The van der Waals surface area contributed by atoms with E-state index in [0.717, 1.165) is 31.4 Å². The van der Waals surface area contributed by atoms with Gasteiger partial charge >= 0.3 is 0 Å². The topological polar surface area (TPSA) is 70.5 Å². The molecule has 148 valence electrons. The Morgan fingerprint density at radius 3 is 2.81 bits per heavy atom. The van der Waals surface area contributed by atoms with E-state index in [1.807, 2.05) is 6.92 Å². The van der Waals surface area contributed by atoms with E-state index in [9.17, 15) is 9.59 Å². The fraction of sp³-hybridized carbons (Fsp3) is 0.750. The summed E-state index contributed by atoms with van der Waals surface area (Å²) in [6.45, 7) is 6.58. The van der Waals surface area contributed by atoms with Gasteiger partial charge in [0.05, 0.1) is 30.4 Å². The molecule has 7 nitrogen and oxygen atoms in total. The molecule has 2 fully saturated rings. The molecule has 2 amide bonds. The third-order valence-electron chi connectivity index (χ3n) is 6.38. The van der Waals surface area contributed by atoms with Crippen LogP contribution in [0, 0.1) is 5.92 Å². The van der Waals surface area contributed by atoms with Crippen LogP contribution in [0.15, 0.2) is 6.07 Å². The average molecular weight is 374 g/mol. The molecule has 1 atom stereocenters. The van der Waals surface area contributed by atoms with Crippen LogP contribution in [0.1, 0.15) is 56.8 Å². The summed E-state index contributed by atoms with van der Waals surface area (Å²) in [4.78, 5) is 28.6. The lowest BCUT2D eigenvalue weighted by Gasteiger charge is -2.36. The summed E-state index contributed by atoms with van der Waals surface area (Å²) in [6.07, 6.45) is 7.08. The molecule has 27 heavy (non-hydrogen) atoms. The molecule has 3 aliphatic rings. The van der Waals surface area contributed by atoms with Crippen molar-refractivity contribution in [2.45, 2.75) is 71.1 Å². The first-order chi connectivity index (χ1) is 13.1. The SMILES string of the molecule is CCN1C[C@H](C(=O)NCc2cc3n(n2)CCN(C2CCCCC2)C3)CC1=O. The van der Waals surface area contributed by atoms with Crippen LogP contribution >= 0.6 is 0 Å². The van der Waals surface area contributed by atoms with E-state index < -0.39 is 0 Å². The minimum Gasteiger partial charge on any atom is -0.350 e. The Labute approximate surface area is 161 Å². The molecule has 1 aliphatic carbocycles. The maximum absolute atomic E-state index is 12.4. The summed E-state index contributed by atoms with van der Waals surface area (Å²) in [5.41, 5.74) is 2.17. The van der Waals surface area contributed by atoms with Crippen molar-refractivity contribution in [3.05, 3.63) is 17.5 Å². The number of likely N-dealkylation sites (tertiary alicyclic amines) is 1. The van der Waals surface area contributed by atoms with Crippen molar-refractivity contribution in [1.29, 1.82) is 0 Å². The summed E-state index contributed by atoms with van der Waals surface area (Å²) in [6, 6.07) is 2.86. The minimum atomic E-state index is -0.225. The van der Waals surface area contributed by atoms with E-state index in [-0.39, 0.29) is 17.7 Å². The van der Waals surface area contributed by atoms with Crippen LogP contribution in [0.2, 0.25) is 0 Å². The first-order valence-electron chi connectivity index (χ1n) is 10.5. The van der Waals surface area contributed by atoms with Crippen LogP contribution in [0.5, 0.6) is 0 Å². The predicted octanol–water partition coefficient (Wildman–Crippen LogP) is 1.52. The van der Waals surface area contributed by atoms with Crippen molar-refractivity contribution in [2.24, 2.45) is 5.92 Å². The van der Waals surface area contributed by atoms with E-state index in [0.29, 0.717) is 26.1 Å². The zero-order valence-electron chi connectivity index (χ0n) is 16.3. The zero-order chi connectivity index (χ0) is 18.8. The monoisotopic (exact) mass is 373 g/mol. The van der Waals surface area contributed by atoms with E-state index in [4.69, 9.17) is 0 Å². The number of hydrogen-bond acceptors (Lipinski definition) is 4. The number of carbonyl (C=O) groups excluding carboxylic acids is 2. The maximum Gasteiger partial charge on any atom is 0.225 e. The molecule has 4 rings (SSSR count). The van der Waals surface area contributed by atoms with Gasteiger partial charge in [-0.3, -0.25) is 19.2 Å². The second kappa shape index (κ2) is 8.00. The van der Waals surface area contributed by atoms with Gasteiger partial charge in [-0.1, -0.05) is 19.3 Å². The van der Waals surface area contributed by atoms with Crippen molar-refractivity contribution >= 4 is 11.8 Å². The third kappa shape index (κ3) is 4.03. The van der Waals surface area contributed by atoms with Crippen molar-refractivity contribution in [1.82, 2.24) is 24.9 Å². The first-order valence-corrected chi connectivity index (χ1v) is 10.5. The highest BCUT2D eigenvalue weighted by Gasteiger charge is 2.33. The molecule has 2 aliphatic heterocycles. The summed E-state index contributed by atoms with van der Waals surface area (Å²) in [7, 11) is 0. The molecule has 1 aromatic rings. The first kappa shape index (κ1) is 18.5. The van der Waals surface area contributed by atoms with E-state index in [1.165, 1.54) is 37.8 Å². The van der Waals surface area contributed by atoms with Crippen LogP contribution in [0.3, 0.4) is 0 Å². The average Bonchev–Trinajstić information content (AvgIpc) is 3.28. The standard InChI is InChI=1S/C20H31N5O2/c1-2-23-13-15(10-19(23)26)20(27)21-12-16-11-18-14-24(8-9-25(18)22-16)17-6-4-3-5-7-17/h11,15,17H,2-10,12-14H2,1H3,(H,21,27)/t15-/m1/s1. The number of amides is 2. The van der Waals surface area contributed by atoms with Gasteiger partial charge in [0.25, 0.3) is 0 Å². The number of nitrogens with zero attached hydrogens (tertiary/aromatic N) is 4. The maximum atomic E-state index is 12.4. The summed E-state index contributed by atoms with van der Waals surface area (Å²) in [5.74, 6) is -0.177. The van der Waals surface area contributed by atoms with Crippen LogP contribution in [-0.4, -0.2) is 57.1 Å². The lowest BCUT2D eigenvalue weighted by Crippen LogP contribution is -2.42. The molecule has 0 unspecified atom stereocenters. The van der Waals surface area contributed by atoms with Gasteiger partial charge < -0.3 is 10.2 Å². The molecule has 3 heterocycles. The molecule has 0 bridgehead atoms. The molecule has 7 heteroatoms. The van der Waals surface area contributed by atoms with Gasteiger partial charge in [0, 0.05) is 38.6 Å². The lowest BCUT2D eigenvalue weighted by atomic mass is 9.94. The van der Waals surface area contributed by atoms with Crippen LogP contribution < -0.4 is 5.32 Å². The summed E-state index contributed by atoms with van der Waals surface area (Å²) < 4.78 is 2.10. The smallest absolute Gasteiger partial charge is 0.225 e. The number of aromatic nitrogens is 2. The lowest BCUT2D eigenvalue weighted by molar-refractivity contribution is -0.128. The normalized spacial score (nSPS) is 24.3. The quantitative estimate of drug-likeness (QED) is 0.849. The van der Waals surface area contributed by atoms with Gasteiger partial charge in [-0.05, 0) is 25.8 Å². The van der Waals surface area contributed by atoms with Crippen molar-refractivity contribution in [3.63, 3.8) is 0 Å². The molecule has 0 aromatic carbocycles. The minimum absolute atomic E-state index is 0.0332. The molecule has 1 saturated carbocycles. The third-order valence-corrected chi connectivity index (χ3v) is 6.38. The Morgan fingerprint density at radius 1 is 1.26 bits per heavy atom. The zero-order valence-corrected chi connectivity index (χ0v) is 16.3. The summed E-state index contributed by atoms with van der Waals surface area (Å²) in [5, 5.41) is 7.66. The second-order valence-electron chi connectivity index (χ2n) is 8.16. The number of nitrogens with one attached hydrogen (secondary N) is 1. The predicted molar refractivity (Wildman–Crippen MR) is 102 cm³/mol. The van der Waals surface area contributed by atoms with Gasteiger partial charge in [-0.25, -0.2) is 0 Å². The van der Waals surface area contributed by atoms with Crippen LogP contribution in [0.4, 0.5) is 0 Å². The largest absolute Gasteiger partial charge is 0.350 e. The number of rotatable bonds is 5. The fourth-order valence-electron chi connectivity index (χ4n) is 4.77. The van der Waals surface area contributed by atoms with Crippen LogP contribution in [0.25, 0.3) is 0 Å². The number of hydrogen-bond donors (Lipinski definition) is 1. The highest BCUT2D eigenvalue weighted by molar-refractivity contribution is 5.89. The Morgan fingerprint density at radius 2 is 2.07 bits per heavy atom. The van der Waals surface area contributed by atoms with Gasteiger partial charge in [-0.2, -0.15) is 5.10 Å². The number of fused-ring (bicyclic) bond motifs is 1. The second-order valence-corrected chi connectivity index (χ2v) is 8.16. The van der Waals surface area contributed by atoms with Gasteiger partial charge in [0.15, 0.2) is 0 Å². The fourth-order valence-corrected chi connectivity index (χ4v) is 4.77. The van der Waals surface area contributed by atoms with Gasteiger partial charge in [-0.15, -0.1) is 0 Å². The molecule has 0 radical (unpaired) electrons. The number of carbonyl (C=O) groups is 2. The van der Waals surface area contributed by atoms with Crippen molar-refractivity contribution in [3.8, 4) is 0 Å². The molecule has 1 aromatic heterocycles. The van der Waals surface area contributed by atoms with Crippen molar-refractivity contribution in [2.75, 3.05) is 19.6 Å². The highest BCUT2D eigenvalue weighted by Crippen LogP contribution is 2.26. The highest BCUT2D eigenvalue weighted by atomic mass is 16.2. The van der Waals surface area contributed by atoms with Crippen molar-refractivity contribution < 1.29 is 9.59 Å². The molecular weight excluding hydrogens is 342 g/mol. The Hall–Kier alpha value is -1.89. The molecular formula is C20H31N5O2. The van der Waals surface area contributed by atoms with Gasteiger partial charge in [0.1, 0.15) is 0 Å². The van der Waals surface area contributed by atoms with E-state index in [1.54, 1.807) is 4.90 Å². The molecule has 1 N–H and O–H groups in total. The Balaban J connectivity index is 1.31.